The van der Waals surface area contributed by atoms with Gasteiger partial charge in [-0.1, -0.05) is 57.2 Å². The molecule has 1 aromatic rings. The van der Waals surface area contributed by atoms with Crippen molar-refractivity contribution < 1.29 is 0 Å². The quantitative estimate of drug-likeness (QED) is 0.748. The number of benzene rings is 1. The molecule has 0 saturated carbocycles. The first kappa shape index (κ1) is 13.0. The van der Waals surface area contributed by atoms with Crippen molar-refractivity contribution in [3.63, 3.8) is 0 Å². The number of likely N-dealkylation sites (N-methyl/N-ethyl adjacent to an activating group) is 1. The summed E-state index contributed by atoms with van der Waals surface area (Å²) in [5.41, 5.74) is 2.90. The van der Waals surface area contributed by atoms with Crippen molar-refractivity contribution in [3.05, 3.63) is 41.5 Å². The van der Waals surface area contributed by atoms with Gasteiger partial charge in [0.05, 0.1) is 0 Å². The summed E-state index contributed by atoms with van der Waals surface area (Å²) in [5.74, 6) is 0. The van der Waals surface area contributed by atoms with Gasteiger partial charge in [0.1, 0.15) is 0 Å². The van der Waals surface area contributed by atoms with E-state index in [4.69, 9.17) is 0 Å². The molecule has 0 spiro atoms. The highest BCUT2D eigenvalue weighted by molar-refractivity contribution is 5.50. The Labute approximate surface area is 99.8 Å². The Kier molecular flexibility index (Phi) is 4.31. The lowest BCUT2D eigenvalue weighted by Gasteiger charge is -2.18. The minimum absolute atomic E-state index is 0.242. The molecule has 0 radical (unpaired) electrons. The van der Waals surface area contributed by atoms with Crippen LogP contribution in [0.2, 0.25) is 0 Å². The van der Waals surface area contributed by atoms with E-state index in [1.54, 1.807) is 0 Å². The van der Waals surface area contributed by atoms with Crippen LogP contribution in [0, 0.1) is 0 Å². The van der Waals surface area contributed by atoms with Crippen molar-refractivity contribution in [3.8, 4) is 0 Å². The molecule has 0 amide bonds. The standard InChI is InChI=1S/C15H23N/c1-15(2,3)14-10-8-13(9-11-14)7-6-12-16(4)5/h6-11H,12H2,1-5H3/b7-6+. The average molecular weight is 217 g/mol. The molecular formula is C15H23N. The molecule has 88 valence electrons. The summed E-state index contributed by atoms with van der Waals surface area (Å²) in [6, 6.07) is 8.81. The van der Waals surface area contributed by atoms with Crippen LogP contribution in [-0.2, 0) is 5.41 Å². The van der Waals surface area contributed by atoms with Crippen LogP contribution in [0.5, 0.6) is 0 Å². The second kappa shape index (κ2) is 5.31. The molecule has 0 aromatic heterocycles. The maximum absolute atomic E-state index is 2.24. The lowest BCUT2D eigenvalue weighted by atomic mass is 9.87. The van der Waals surface area contributed by atoms with E-state index in [9.17, 15) is 0 Å². The lowest BCUT2D eigenvalue weighted by Crippen LogP contribution is -2.10. The zero-order chi connectivity index (χ0) is 12.2. The predicted octanol–water partition coefficient (Wildman–Crippen LogP) is 3.56. The molecule has 0 heterocycles. The van der Waals surface area contributed by atoms with Gasteiger partial charge in [-0.05, 0) is 30.6 Å². The minimum Gasteiger partial charge on any atom is -0.306 e. The van der Waals surface area contributed by atoms with E-state index in [1.807, 2.05) is 0 Å². The molecule has 0 atom stereocenters. The normalized spacial score (nSPS) is 12.6. The molecule has 1 aromatic carbocycles. The molecule has 0 saturated heterocycles. The monoisotopic (exact) mass is 217 g/mol. The number of rotatable bonds is 3. The van der Waals surface area contributed by atoms with Crippen LogP contribution in [0.1, 0.15) is 31.9 Å². The van der Waals surface area contributed by atoms with Crippen molar-refractivity contribution in [1.29, 1.82) is 0 Å². The van der Waals surface area contributed by atoms with E-state index in [2.05, 4.69) is 76.2 Å². The molecule has 0 aliphatic rings. The van der Waals surface area contributed by atoms with E-state index in [-0.39, 0.29) is 5.41 Å². The highest BCUT2D eigenvalue weighted by Crippen LogP contribution is 2.22. The Morgan fingerprint density at radius 2 is 1.62 bits per heavy atom. The van der Waals surface area contributed by atoms with Gasteiger partial charge < -0.3 is 4.90 Å². The fourth-order valence-corrected chi connectivity index (χ4v) is 1.49. The van der Waals surface area contributed by atoms with Gasteiger partial charge in [-0.25, -0.2) is 0 Å². The second-order valence-electron chi connectivity index (χ2n) is 5.54. The van der Waals surface area contributed by atoms with Gasteiger partial charge in [0.15, 0.2) is 0 Å². The molecule has 16 heavy (non-hydrogen) atoms. The molecule has 0 unspecified atom stereocenters. The minimum atomic E-state index is 0.242. The molecule has 0 fully saturated rings. The summed E-state index contributed by atoms with van der Waals surface area (Å²) in [5, 5.41) is 0. The molecule has 1 rings (SSSR count). The molecule has 0 aliphatic heterocycles. The Bertz CT molecular complexity index is 339. The van der Waals surface area contributed by atoms with Crippen molar-refractivity contribution in [2.45, 2.75) is 26.2 Å². The van der Waals surface area contributed by atoms with Crippen molar-refractivity contribution in [2.75, 3.05) is 20.6 Å². The van der Waals surface area contributed by atoms with E-state index in [1.165, 1.54) is 11.1 Å². The topological polar surface area (TPSA) is 3.24 Å². The highest BCUT2D eigenvalue weighted by atomic mass is 15.0. The third-order valence-corrected chi connectivity index (χ3v) is 2.56. The van der Waals surface area contributed by atoms with Crippen LogP contribution >= 0.6 is 0 Å². The van der Waals surface area contributed by atoms with Crippen molar-refractivity contribution in [2.24, 2.45) is 0 Å². The molecule has 1 nitrogen and oxygen atoms in total. The molecule has 1 heteroatoms. The fourth-order valence-electron chi connectivity index (χ4n) is 1.49. The Balaban J connectivity index is 2.69. The largest absolute Gasteiger partial charge is 0.306 e. The van der Waals surface area contributed by atoms with Crippen LogP contribution in [0.3, 0.4) is 0 Å². The Morgan fingerprint density at radius 1 is 1.06 bits per heavy atom. The number of nitrogens with zero attached hydrogens (tertiary/aromatic N) is 1. The maximum Gasteiger partial charge on any atom is 0.0160 e. The van der Waals surface area contributed by atoms with Gasteiger partial charge in [0.2, 0.25) is 0 Å². The van der Waals surface area contributed by atoms with Gasteiger partial charge in [-0.3, -0.25) is 0 Å². The molecule has 0 N–H and O–H groups in total. The van der Waals surface area contributed by atoms with E-state index in [0.717, 1.165) is 6.54 Å². The third-order valence-electron chi connectivity index (χ3n) is 2.56. The first-order valence-electron chi connectivity index (χ1n) is 5.81. The maximum atomic E-state index is 2.24. The van der Waals surface area contributed by atoms with Crippen LogP contribution < -0.4 is 0 Å². The average Bonchev–Trinajstić information content (AvgIpc) is 2.16. The van der Waals surface area contributed by atoms with Crippen LogP contribution in [0.15, 0.2) is 30.3 Å². The van der Waals surface area contributed by atoms with Gasteiger partial charge in [0, 0.05) is 6.54 Å². The lowest BCUT2D eigenvalue weighted by molar-refractivity contribution is 0.457. The summed E-state index contributed by atoms with van der Waals surface area (Å²) in [6.07, 6.45) is 4.36. The van der Waals surface area contributed by atoms with Gasteiger partial charge in [-0.15, -0.1) is 0 Å². The predicted molar refractivity (Wildman–Crippen MR) is 72.7 cm³/mol. The van der Waals surface area contributed by atoms with Crippen LogP contribution in [-0.4, -0.2) is 25.5 Å². The Hall–Kier alpha value is -1.08. The summed E-state index contributed by atoms with van der Waals surface area (Å²) in [6.45, 7) is 7.71. The third kappa shape index (κ3) is 4.19. The Morgan fingerprint density at radius 3 is 2.06 bits per heavy atom. The highest BCUT2D eigenvalue weighted by Gasteiger charge is 2.12. The van der Waals surface area contributed by atoms with E-state index in [0.29, 0.717) is 0 Å². The zero-order valence-electron chi connectivity index (χ0n) is 11.1. The van der Waals surface area contributed by atoms with E-state index >= 15 is 0 Å². The zero-order valence-corrected chi connectivity index (χ0v) is 11.1. The van der Waals surface area contributed by atoms with Crippen molar-refractivity contribution >= 4 is 6.08 Å². The number of hydrogen-bond acceptors (Lipinski definition) is 1. The van der Waals surface area contributed by atoms with E-state index < -0.39 is 0 Å². The summed E-state index contributed by atoms with van der Waals surface area (Å²) < 4.78 is 0. The molecule has 0 bridgehead atoms. The second-order valence-corrected chi connectivity index (χ2v) is 5.54. The first-order valence-corrected chi connectivity index (χ1v) is 5.81. The summed E-state index contributed by atoms with van der Waals surface area (Å²) in [4.78, 5) is 2.15. The number of hydrogen-bond donors (Lipinski definition) is 0. The van der Waals surface area contributed by atoms with Crippen molar-refractivity contribution in [1.82, 2.24) is 4.90 Å². The summed E-state index contributed by atoms with van der Waals surface area (Å²) >= 11 is 0. The smallest absolute Gasteiger partial charge is 0.0160 e. The van der Waals surface area contributed by atoms with Crippen LogP contribution in [0.4, 0.5) is 0 Å². The van der Waals surface area contributed by atoms with Gasteiger partial charge in [0.25, 0.3) is 0 Å². The van der Waals surface area contributed by atoms with Gasteiger partial charge >= 0.3 is 0 Å². The SMILES string of the molecule is CN(C)C/C=C/c1ccc(C(C)(C)C)cc1. The molecular weight excluding hydrogens is 194 g/mol. The van der Waals surface area contributed by atoms with Gasteiger partial charge in [-0.2, -0.15) is 0 Å². The summed E-state index contributed by atoms with van der Waals surface area (Å²) in [7, 11) is 4.15. The fraction of sp³-hybridized carbons (Fsp3) is 0.467. The van der Waals surface area contributed by atoms with Crippen LogP contribution in [0.25, 0.3) is 6.08 Å². The molecule has 0 aliphatic carbocycles. The first-order chi connectivity index (χ1) is 7.39.